The molecule has 0 radical (unpaired) electrons. The minimum atomic E-state index is -4.42. The zero-order chi connectivity index (χ0) is 16.9. The molecule has 0 bridgehead atoms. The molecule has 1 aliphatic heterocycles. The monoisotopic (exact) mass is 334 g/mol. The number of halogens is 3. The molecule has 3 heterocycles. The molecule has 124 valence electrons. The molecule has 0 saturated heterocycles. The number of benzene rings is 1. The van der Waals surface area contributed by atoms with Gasteiger partial charge in [-0.2, -0.15) is 17.9 Å². The van der Waals surface area contributed by atoms with Crippen LogP contribution in [0.4, 0.5) is 19.1 Å². The summed E-state index contributed by atoms with van der Waals surface area (Å²) < 4.78 is 40.0. The smallest absolute Gasteiger partial charge is 0.416 e. The maximum absolute atomic E-state index is 13.0. The first-order valence-electron chi connectivity index (χ1n) is 7.40. The molecule has 1 aliphatic rings. The molecule has 0 aliphatic carbocycles. The van der Waals surface area contributed by atoms with Gasteiger partial charge in [0.2, 0.25) is 5.95 Å². The first kappa shape index (κ1) is 14.8. The van der Waals surface area contributed by atoms with Crippen LogP contribution in [0.3, 0.4) is 0 Å². The number of fused-ring (bicyclic) bond motifs is 3. The Morgan fingerprint density at radius 3 is 2.58 bits per heavy atom. The molecule has 8 heteroatoms. The van der Waals surface area contributed by atoms with Crippen molar-refractivity contribution in [3.05, 3.63) is 53.5 Å². The van der Waals surface area contributed by atoms with Crippen molar-refractivity contribution in [3.8, 4) is 0 Å². The van der Waals surface area contributed by atoms with Crippen molar-refractivity contribution < 1.29 is 18.4 Å². The van der Waals surface area contributed by atoms with E-state index in [0.29, 0.717) is 47.6 Å². The van der Waals surface area contributed by atoms with Crippen molar-refractivity contribution in [2.45, 2.75) is 19.1 Å². The van der Waals surface area contributed by atoms with Gasteiger partial charge in [0.15, 0.2) is 0 Å². The lowest BCUT2D eigenvalue weighted by molar-refractivity contribution is -0.137. The molecule has 0 fully saturated rings. The van der Waals surface area contributed by atoms with Crippen LogP contribution in [0.5, 0.6) is 0 Å². The summed E-state index contributed by atoms with van der Waals surface area (Å²) in [6, 6.07) is 5.09. The van der Waals surface area contributed by atoms with Crippen LogP contribution in [-0.4, -0.2) is 26.5 Å². The fraction of sp³-hybridized carbons (Fsp3) is 0.250. The largest absolute Gasteiger partial charge is 0.428 e. The predicted octanol–water partition coefficient (Wildman–Crippen LogP) is 3.25. The Labute approximate surface area is 134 Å². The Hall–Kier alpha value is -2.77. The normalized spacial score (nSPS) is 14.9. The van der Waals surface area contributed by atoms with Crippen LogP contribution in [0.25, 0.3) is 10.9 Å². The average Bonchev–Trinajstić information content (AvgIpc) is 2.87. The molecular weight excluding hydrogens is 321 g/mol. The van der Waals surface area contributed by atoms with Gasteiger partial charge in [0.25, 0.3) is 0 Å². The van der Waals surface area contributed by atoms with Gasteiger partial charge in [0, 0.05) is 42.9 Å². The lowest BCUT2D eigenvalue weighted by Crippen LogP contribution is -2.32. The molecule has 0 atom stereocenters. The van der Waals surface area contributed by atoms with Crippen LogP contribution in [0.1, 0.15) is 16.8 Å². The highest BCUT2D eigenvalue weighted by atomic mass is 19.4. The Balaban J connectivity index is 1.82. The molecule has 1 N–H and O–H groups in total. The van der Waals surface area contributed by atoms with E-state index in [-0.39, 0.29) is 0 Å². The summed E-state index contributed by atoms with van der Waals surface area (Å²) in [5, 5.41) is 10.7. The minimum absolute atomic E-state index is 0.352. The highest BCUT2D eigenvalue weighted by molar-refractivity contribution is 5.86. The summed E-state index contributed by atoms with van der Waals surface area (Å²) in [5.41, 5.74) is 0.967. The summed E-state index contributed by atoms with van der Waals surface area (Å²) in [6.07, 6.45) is -0.681. The number of aromatic nitrogens is 3. The third kappa shape index (κ3) is 2.26. The van der Waals surface area contributed by atoms with Crippen LogP contribution in [-0.2, 0) is 19.1 Å². The van der Waals surface area contributed by atoms with Crippen molar-refractivity contribution in [1.82, 2.24) is 14.7 Å². The third-order valence-corrected chi connectivity index (χ3v) is 4.28. The summed E-state index contributed by atoms with van der Waals surface area (Å²) in [7, 11) is 0. The van der Waals surface area contributed by atoms with Gasteiger partial charge in [-0.25, -0.2) is 9.97 Å². The van der Waals surface area contributed by atoms with Crippen molar-refractivity contribution in [2.24, 2.45) is 0 Å². The molecule has 0 spiro atoms. The lowest BCUT2D eigenvalue weighted by Gasteiger charge is -2.27. The fourth-order valence-corrected chi connectivity index (χ4v) is 3.14. The van der Waals surface area contributed by atoms with E-state index in [9.17, 15) is 18.4 Å². The zero-order valence-electron chi connectivity index (χ0n) is 12.5. The SMILES string of the molecule is On1c2c(c3cc(C(F)(F)F)ccc31)CN(c1ncccn1)CC2. The van der Waals surface area contributed by atoms with Crippen molar-refractivity contribution in [1.29, 1.82) is 0 Å². The van der Waals surface area contributed by atoms with Crippen molar-refractivity contribution >= 4 is 16.9 Å². The molecular formula is C16H13F3N4O. The molecule has 0 saturated carbocycles. The van der Waals surface area contributed by atoms with E-state index < -0.39 is 11.7 Å². The van der Waals surface area contributed by atoms with Crippen LogP contribution in [0, 0.1) is 0 Å². The average molecular weight is 334 g/mol. The molecule has 1 aromatic carbocycles. The van der Waals surface area contributed by atoms with Gasteiger partial charge < -0.3 is 10.1 Å². The van der Waals surface area contributed by atoms with Crippen LogP contribution >= 0.6 is 0 Å². The first-order valence-corrected chi connectivity index (χ1v) is 7.40. The second-order valence-electron chi connectivity index (χ2n) is 5.69. The Morgan fingerprint density at radius 1 is 1.12 bits per heavy atom. The van der Waals surface area contributed by atoms with Crippen LogP contribution in [0.15, 0.2) is 36.7 Å². The molecule has 24 heavy (non-hydrogen) atoms. The maximum Gasteiger partial charge on any atom is 0.416 e. The van der Waals surface area contributed by atoms with E-state index in [1.54, 1.807) is 18.5 Å². The van der Waals surface area contributed by atoms with E-state index in [4.69, 9.17) is 0 Å². The van der Waals surface area contributed by atoms with Gasteiger partial charge in [-0.05, 0) is 24.3 Å². The number of hydrogen-bond acceptors (Lipinski definition) is 4. The predicted molar refractivity (Wildman–Crippen MR) is 80.9 cm³/mol. The van der Waals surface area contributed by atoms with Gasteiger partial charge in [-0.3, -0.25) is 0 Å². The zero-order valence-corrected chi connectivity index (χ0v) is 12.5. The number of alkyl halides is 3. The third-order valence-electron chi connectivity index (χ3n) is 4.28. The second-order valence-corrected chi connectivity index (χ2v) is 5.69. The Kier molecular flexibility index (Phi) is 3.16. The molecule has 5 nitrogen and oxygen atoms in total. The highest BCUT2D eigenvalue weighted by Crippen LogP contribution is 2.36. The van der Waals surface area contributed by atoms with E-state index in [2.05, 4.69) is 9.97 Å². The Bertz CT molecular complexity index is 905. The number of hydrogen-bond donors (Lipinski definition) is 1. The lowest BCUT2D eigenvalue weighted by atomic mass is 10.0. The molecule has 0 amide bonds. The van der Waals surface area contributed by atoms with Gasteiger partial charge in [-0.1, -0.05) is 0 Å². The highest BCUT2D eigenvalue weighted by Gasteiger charge is 2.32. The number of nitrogens with zero attached hydrogens (tertiary/aromatic N) is 4. The summed E-state index contributed by atoms with van der Waals surface area (Å²) in [5.74, 6) is 0.522. The van der Waals surface area contributed by atoms with Crippen LogP contribution < -0.4 is 4.90 Å². The quantitative estimate of drug-likeness (QED) is 0.694. The van der Waals surface area contributed by atoms with Crippen molar-refractivity contribution in [2.75, 3.05) is 11.4 Å². The fourth-order valence-electron chi connectivity index (χ4n) is 3.14. The standard InChI is InChI=1S/C16H13F3N4O/c17-16(18,19)10-2-3-13-11(8-10)12-9-22(7-4-14(12)23(13)24)15-20-5-1-6-21-15/h1-3,5-6,8,24H,4,7,9H2. The number of anilines is 1. The summed E-state index contributed by atoms with van der Waals surface area (Å²) in [4.78, 5) is 10.3. The van der Waals surface area contributed by atoms with E-state index in [1.807, 2.05) is 4.90 Å². The van der Waals surface area contributed by atoms with E-state index in [1.165, 1.54) is 6.07 Å². The number of rotatable bonds is 1. The first-order chi connectivity index (χ1) is 11.4. The van der Waals surface area contributed by atoms with E-state index in [0.717, 1.165) is 16.9 Å². The molecule has 2 aromatic heterocycles. The Morgan fingerprint density at radius 2 is 1.88 bits per heavy atom. The molecule has 0 unspecified atom stereocenters. The van der Waals surface area contributed by atoms with E-state index >= 15 is 0 Å². The summed E-state index contributed by atoms with van der Waals surface area (Å²) in [6.45, 7) is 0.935. The minimum Gasteiger partial charge on any atom is -0.428 e. The summed E-state index contributed by atoms with van der Waals surface area (Å²) >= 11 is 0. The molecule has 4 rings (SSSR count). The van der Waals surface area contributed by atoms with Gasteiger partial charge >= 0.3 is 6.18 Å². The van der Waals surface area contributed by atoms with Crippen LogP contribution in [0.2, 0.25) is 0 Å². The maximum atomic E-state index is 13.0. The topological polar surface area (TPSA) is 54.2 Å². The van der Waals surface area contributed by atoms with Gasteiger partial charge in [-0.15, -0.1) is 0 Å². The van der Waals surface area contributed by atoms with Gasteiger partial charge in [0.05, 0.1) is 16.8 Å². The van der Waals surface area contributed by atoms with Crippen molar-refractivity contribution in [3.63, 3.8) is 0 Å². The molecule has 3 aromatic rings. The van der Waals surface area contributed by atoms with Gasteiger partial charge in [0.1, 0.15) is 0 Å². The second kappa shape index (κ2) is 5.12.